The van der Waals surface area contributed by atoms with Crippen molar-refractivity contribution in [1.82, 2.24) is 0 Å². The van der Waals surface area contributed by atoms with E-state index >= 15 is 0 Å². The van der Waals surface area contributed by atoms with Crippen LogP contribution in [0.15, 0.2) is 89.3 Å². The normalized spacial score (nSPS) is 13.9. The van der Waals surface area contributed by atoms with Gasteiger partial charge in [0.05, 0.1) is 11.4 Å². The molecule has 0 bridgehead atoms. The van der Waals surface area contributed by atoms with Crippen molar-refractivity contribution in [3.63, 3.8) is 0 Å². The summed E-state index contributed by atoms with van der Waals surface area (Å²) in [6, 6.07) is 16.9. The van der Waals surface area contributed by atoms with Gasteiger partial charge in [-0.3, -0.25) is 0 Å². The summed E-state index contributed by atoms with van der Waals surface area (Å²) >= 11 is 1.75. The fraction of sp³-hybridized carbons (Fsp3) is 0.0526. The Morgan fingerprint density at radius 2 is 1.76 bits per heavy atom. The van der Waals surface area contributed by atoms with Gasteiger partial charge in [-0.05, 0) is 42.8 Å². The highest BCUT2D eigenvalue weighted by molar-refractivity contribution is 8.03. The van der Waals surface area contributed by atoms with E-state index in [1.807, 2.05) is 18.2 Å². The van der Waals surface area contributed by atoms with Crippen LogP contribution in [0.1, 0.15) is 5.56 Å². The third-order valence-electron chi connectivity index (χ3n) is 3.46. The predicted octanol–water partition coefficient (Wildman–Crippen LogP) is 5.82. The Labute approximate surface area is 130 Å². The van der Waals surface area contributed by atoms with Crippen LogP contribution in [0.4, 0.5) is 11.4 Å². The van der Waals surface area contributed by atoms with E-state index in [4.69, 9.17) is 0 Å². The number of anilines is 2. The number of nitrogens with zero attached hydrogens (tertiary/aromatic N) is 1. The quantitative estimate of drug-likeness (QED) is 0.700. The summed E-state index contributed by atoms with van der Waals surface area (Å²) < 4.78 is 0. The maximum Gasteiger partial charge on any atom is 0.0601 e. The molecule has 2 aromatic rings. The fourth-order valence-corrected chi connectivity index (χ4v) is 3.60. The minimum Gasteiger partial charge on any atom is -0.308 e. The number of thioether (sulfide) groups is 1. The number of allylic oxidation sites excluding steroid dienone is 2. The van der Waals surface area contributed by atoms with Crippen molar-refractivity contribution >= 4 is 23.1 Å². The molecule has 1 aliphatic heterocycles. The van der Waals surface area contributed by atoms with Gasteiger partial charge in [-0.15, -0.1) is 0 Å². The average molecular weight is 291 g/mol. The Kier molecular flexibility index (Phi) is 3.72. The van der Waals surface area contributed by atoms with E-state index in [0.717, 1.165) is 16.3 Å². The summed E-state index contributed by atoms with van der Waals surface area (Å²) in [5.41, 5.74) is 4.67. The van der Waals surface area contributed by atoms with E-state index in [9.17, 15) is 0 Å². The van der Waals surface area contributed by atoms with Crippen LogP contribution < -0.4 is 4.90 Å². The molecule has 0 saturated carbocycles. The first-order valence-electron chi connectivity index (χ1n) is 6.87. The molecule has 1 heterocycles. The van der Waals surface area contributed by atoms with Gasteiger partial charge in [-0.2, -0.15) is 0 Å². The Hall–Kier alpha value is -2.19. The molecule has 21 heavy (non-hydrogen) atoms. The minimum absolute atomic E-state index is 1.08. The standard InChI is InChI=1S/C19H17NS/c1-4-16-18(5-2)21-19-13-14(3)11-12-17(19)20(16)15-9-7-6-8-10-15/h4-13H,1-2H2,3H3. The zero-order valence-corrected chi connectivity index (χ0v) is 12.9. The number of aryl methyl sites for hydroxylation is 1. The lowest BCUT2D eigenvalue weighted by Gasteiger charge is -2.33. The van der Waals surface area contributed by atoms with Gasteiger partial charge >= 0.3 is 0 Å². The van der Waals surface area contributed by atoms with E-state index in [1.165, 1.54) is 16.1 Å². The minimum atomic E-state index is 1.08. The molecule has 2 aromatic carbocycles. The van der Waals surface area contributed by atoms with Crippen LogP contribution in [0.3, 0.4) is 0 Å². The van der Waals surface area contributed by atoms with Crippen LogP contribution in [0, 0.1) is 6.92 Å². The first kappa shape index (κ1) is 13.8. The second kappa shape index (κ2) is 5.66. The maximum absolute atomic E-state index is 3.99. The Bertz CT molecular complexity index is 728. The van der Waals surface area contributed by atoms with Crippen molar-refractivity contribution in [2.24, 2.45) is 0 Å². The lowest BCUT2D eigenvalue weighted by atomic mass is 10.1. The van der Waals surface area contributed by atoms with Crippen molar-refractivity contribution in [2.45, 2.75) is 11.8 Å². The predicted molar refractivity (Wildman–Crippen MR) is 93.0 cm³/mol. The first-order valence-corrected chi connectivity index (χ1v) is 7.69. The second-order valence-electron chi connectivity index (χ2n) is 4.90. The third kappa shape index (κ3) is 2.43. The molecule has 3 rings (SSSR count). The van der Waals surface area contributed by atoms with Crippen LogP contribution in [0.5, 0.6) is 0 Å². The monoisotopic (exact) mass is 291 g/mol. The number of hydrogen-bond acceptors (Lipinski definition) is 2. The lowest BCUT2D eigenvalue weighted by Crippen LogP contribution is -2.19. The van der Waals surface area contributed by atoms with Crippen molar-refractivity contribution in [1.29, 1.82) is 0 Å². The summed E-state index contributed by atoms with van der Waals surface area (Å²) in [6.45, 7) is 10.1. The van der Waals surface area contributed by atoms with E-state index in [2.05, 4.69) is 67.4 Å². The highest BCUT2D eigenvalue weighted by Gasteiger charge is 2.24. The topological polar surface area (TPSA) is 3.24 Å². The molecule has 0 saturated heterocycles. The largest absolute Gasteiger partial charge is 0.308 e. The highest BCUT2D eigenvalue weighted by Crippen LogP contribution is 2.47. The van der Waals surface area contributed by atoms with Gasteiger partial charge in [0.1, 0.15) is 0 Å². The summed E-state index contributed by atoms with van der Waals surface area (Å²) in [5, 5.41) is 0. The molecule has 0 unspecified atom stereocenters. The van der Waals surface area contributed by atoms with Crippen LogP contribution in [0.25, 0.3) is 0 Å². The molecule has 0 atom stereocenters. The molecule has 104 valence electrons. The number of benzene rings is 2. The molecule has 0 fully saturated rings. The van der Waals surface area contributed by atoms with Gasteiger partial charge < -0.3 is 4.90 Å². The van der Waals surface area contributed by atoms with E-state index in [1.54, 1.807) is 11.8 Å². The molecule has 1 nitrogen and oxygen atoms in total. The Balaban J connectivity index is 2.25. The molecule has 0 amide bonds. The summed E-state index contributed by atoms with van der Waals surface area (Å²) in [7, 11) is 0. The summed E-state index contributed by atoms with van der Waals surface area (Å²) in [4.78, 5) is 4.63. The van der Waals surface area contributed by atoms with Crippen molar-refractivity contribution in [2.75, 3.05) is 4.90 Å². The summed E-state index contributed by atoms with van der Waals surface area (Å²) in [5.74, 6) is 0. The van der Waals surface area contributed by atoms with E-state index < -0.39 is 0 Å². The average Bonchev–Trinajstić information content (AvgIpc) is 2.53. The van der Waals surface area contributed by atoms with E-state index in [-0.39, 0.29) is 0 Å². The van der Waals surface area contributed by atoms with Crippen molar-refractivity contribution in [3.8, 4) is 0 Å². The van der Waals surface area contributed by atoms with Crippen LogP contribution >= 0.6 is 11.8 Å². The van der Waals surface area contributed by atoms with Gasteiger partial charge in [0, 0.05) is 15.5 Å². The fourth-order valence-electron chi connectivity index (χ4n) is 2.49. The number of fused-ring (bicyclic) bond motifs is 1. The molecule has 0 spiro atoms. The van der Waals surface area contributed by atoms with Gasteiger partial charge in [-0.1, -0.05) is 55.3 Å². The van der Waals surface area contributed by atoms with Crippen LogP contribution in [-0.2, 0) is 0 Å². The summed E-state index contributed by atoms with van der Waals surface area (Å²) in [6.07, 6.45) is 3.81. The lowest BCUT2D eigenvalue weighted by molar-refractivity contribution is 1.14. The SMILES string of the molecule is C=CC1=C(C=C)N(c2ccccc2)c2ccc(C)cc2S1. The van der Waals surface area contributed by atoms with Crippen molar-refractivity contribution in [3.05, 3.63) is 90.0 Å². The number of para-hydroxylation sites is 1. The highest BCUT2D eigenvalue weighted by atomic mass is 32.2. The van der Waals surface area contributed by atoms with Crippen molar-refractivity contribution < 1.29 is 0 Å². The van der Waals surface area contributed by atoms with Gasteiger partial charge in [0.2, 0.25) is 0 Å². The third-order valence-corrected chi connectivity index (χ3v) is 4.61. The molecule has 2 heteroatoms. The molecule has 1 aliphatic rings. The molecule has 0 radical (unpaired) electrons. The van der Waals surface area contributed by atoms with Crippen LogP contribution in [0.2, 0.25) is 0 Å². The zero-order chi connectivity index (χ0) is 14.8. The van der Waals surface area contributed by atoms with Gasteiger partial charge in [0.25, 0.3) is 0 Å². The smallest absolute Gasteiger partial charge is 0.0601 e. The molecule has 0 aliphatic carbocycles. The van der Waals surface area contributed by atoms with Crippen LogP contribution in [-0.4, -0.2) is 0 Å². The molecule has 0 N–H and O–H groups in total. The zero-order valence-electron chi connectivity index (χ0n) is 12.0. The molecular formula is C19H17NS. The second-order valence-corrected chi connectivity index (χ2v) is 5.99. The van der Waals surface area contributed by atoms with E-state index in [0.29, 0.717) is 0 Å². The van der Waals surface area contributed by atoms with Gasteiger partial charge in [-0.25, -0.2) is 0 Å². The molecule has 0 aromatic heterocycles. The van der Waals surface area contributed by atoms with Gasteiger partial charge in [0.15, 0.2) is 0 Å². The Morgan fingerprint density at radius 3 is 2.43 bits per heavy atom. The Morgan fingerprint density at radius 1 is 1.00 bits per heavy atom. The number of rotatable bonds is 3. The first-order chi connectivity index (χ1) is 10.2. The molecular weight excluding hydrogens is 274 g/mol. The number of hydrogen-bond donors (Lipinski definition) is 0. The maximum atomic E-state index is 3.99.